The highest BCUT2D eigenvalue weighted by Gasteiger charge is 1.89. The van der Waals surface area contributed by atoms with Gasteiger partial charge >= 0.3 is 8.25 Å². The maximum Gasteiger partial charge on any atom is 0.364 e. The van der Waals surface area contributed by atoms with Crippen LogP contribution in [-0.2, 0) is 9.09 Å². The zero-order chi connectivity index (χ0) is 9.68. The fraction of sp³-hybridized carbons (Fsp3) is 0.125. The summed E-state index contributed by atoms with van der Waals surface area (Å²) in [5, 5.41) is 0. The molecule has 13 heavy (non-hydrogen) atoms. The molecule has 1 aromatic heterocycles. The molecular weight excluding hydrogens is 189 g/mol. The van der Waals surface area contributed by atoms with Crippen LogP contribution >= 0.6 is 8.25 Å². The van der Waals surface area contributed by atoms with Crippen molar-refractivity contribution in [3.63, 3.8) is 0 Å². The highest BCUT2D eigenvalue weighted by atomic mass is 31.1. The summed E-state index contributed by atoms with van der Waals surface area (Å²) in [5.74, 6) is 0. The fourth-order valence-electron chi connectivity index (χ4n) is 0.842. The third-order valence-corrected chi connectivity index (χ3v) is 1.69. The molecule has 1 aromatic rings. The first kappa shape index (κ1) is 9.96. The van der Waals surface area contributed by atoms with Gasteiger partial charge < -0.3 is 9.42 Å². The van der Waals surface area contributed by atoms with Gasteiger partial charge in [0.15, 0.2) is 0 Å². The van der Waals surface area contributed by atoms with E-state index in [0.29, 0.717) is 0 Å². The molecule has 1 atom stereocenters. The zero-order valence-corrected chi connectivity index (χ0v) is 8.10. The molecule has 0 amide bonds. The van der Waals surface area contributed by atoms with Crippen molar-refractivity contribution >= 4 is 14.3 Å². The predicted octanol–water partition coefficient (Wildman–Crippen LogP) is 1.76. The van der Waals surface area contributed by atoms with E-state index in [9.17, 15) is 4.57 Å². The molecule has 0 aliphatic rings. The second-order valence-electron chi connectivity index (χ2n) is 2.42. The minimum Gasteiger partial charge on any atom is -0.434 e. The lowest BCUT2D eigenvalue weighted by Gasteiger charge is -1.95. The minimum absolute atomic E-state index is 0.885. The lowest BCUT2D eigenvalue weighted by Crippen LogP contribution is -1.80. The molecule has 1 N–H and O–H groups in total. The monoisotopic (exact) mass is 199 g/mol. The van der Waals surface area contributed by atoms with E-state index >= 15 is 0 Å². The molecule has 1 heterocycles. The van der Waals surface area contributed by atoms with Crippen LogP contribution in [0.2, 0.25) is 0 Å². The second-order valence-corrected chi connectivity index (χ2v) is 3.18. The topological polar surface area (TPSA) is 59.4 Å². The van der Waals surface area contributed by atoms with Crippen LogP contribution in [0.3, 0.4) is 0 Å². The number of pyridine rings is 1. The molecule has 0 aromatic carbocycles. The van der Waals surface area contributed by atoms with E-state index in [-0.39, 0.29) is 0 Å². The molecule has 0 saturated heterocycles. The van der Waals surface area contributed by atoms with Gasteiger partial charge in [0.05, 0.1) is 6.26 Å². The smallest absolute Gasteiger partial charge is 0.364 e. The fourth-order valence-corrected chi connectivity index (χ4v) is 1.03. The Morgan fingerprint density at radius 3 is 3.08 bits per heavy atom. The highest BCUT2D eigenvalue weighted by Crippen LogP contribution is 2.15. The summed E-state index contributed by atoms with van der Waals surface area (Å²) >= 11 is 0. The lowest BCUT2D eigenvalue weighted by atomic mass is 10.2. The number of aryl methyl sites for hydroxylation is 1. The van der Waals surface area contributed by atoms with Gasteiger partial charge in [-0.05, 0) is 30.7 Å². The number of nitrogens with zero attached hydrogens (tertiary/aromatic N) is 1. The standard InChI is InChI=1S/C8H10NO3P/c1-7-6-8(2-4-9-7)3-5-12-13(10)11/h2-6,13H,1H3,(H,10,11)/b5-3+. The molecule has 4 nitrogen and oxygen atoms in total. The second kappa shape index (κ2) is 4.80. The Balaban J connectivity index is 2.63. The largest absolute Gasteiger partial charge is 0.434 e. The summed E-state index contributed by atoms with van der Waals surface area (Å²) in [4.78, 5) is 12.3. The Hall–Kier alpha value is -1.12. The Kier molecular flexibility index (Phi) is 3.68. The van der Waals surface area contributed by atoms with Crippen LogP contribution in [0.1, 0.15) is 11.3 Å². The van der Waals surface area contributed by atoms with Crippen molar-refractivity contribution < 1.29 is 14.0 Å². The van der Waals surface area contributed by atoms with Crippen LogP contribution in [-0.4, -0.2) is 9.88 Å². The third-order valence-electron chi connectivity index (χ3n) is 1.35. The van der Waals surface area contributed by atoms with Crippen LogP contribution in [0.4, 0.5) is 0 Å². The van der Waals surface area contributed by atoms with E-state index in [0.717, 1.165) is 11.3 Å². The van der Waals surface area contributed by atoms with Crippen molar-refractivity contribution in [3.8, 4) is 0 Å². The van der Waals surface area contributed by atoms with E-state index < -0.39 is 8.25 Å². The van der Waals surface area contributed by atoms with Crippen LogP contribution in [0.15, 0.2) is 24.6 Å². The van der Waals surface area contributed by atoms with E-state index in [4.69, 9.17) is 4.89 Å². The van der Waals surface area contributed by atoms with Crippen LogP contribution in [0.25, 0.3) is 6.08 Å². The molecule has 0 fully saturated rings. The van der Waals surface area contributed by atoms with Gasteiger partial charge in [0.25, 0.3) is 0 Å². The molecule has 0 aliphatic heterocycles. The summed E-state index contributed by atoms with van der Waals surface area (Å²) in [7, 11) is -2.87. The summed E-state index contributed by atoms with van der Waals surface area (Å²) in [6, 6.07) is 3.62. The van der Waals surface area contributed by atoms with Crippen LogP contribution in [0, 0.1) is 6.92 Å². The first-order chi connectivity index (χ1) is 6.18. The van der Waals surface area contributed by atoms with Gasteiger partial charge in [-0.15, -0.1) is 0 Å². The average Bonchev–Trinajstić information content (AvgIpc) is 2.03. The third kappa shape index (κ3) is 3.87. The maximum atomic E-state index is 10.2. The lowest BCUT2D eigenvalue weighted by molar-refractivity contribution is 0.379. The van der Waals surface area contributed by atoms with Gasteiger partial charge in [-0.2, -0.15) is 0 Å². The van der Waals surface area contributed by atoms with Gasteiger partial charge in [-0.3, -0.25) is 4.98 Å². The molecule has 0 spiro atoms. The summed E-state index contributed by atoms with van der Waals surface area (Å²) in [5.41, 5.74) is 1.77. The van der Waals surface area contributed by atoms with Crippen molar-refractivity contribution in [1.82, 2.24) is 4.98 Å². The molecule has 1 unspecified atom stereocenters. The molecule has 1 rings (SSSR count). The van der Waals surface area contributed by atoms with Crippen LogP contribution < -0.4 is 0 Å². The van der Waals surface area contributed by atoms with Gasteiger partial charge in [0.2, 0.25) is 0 Å². The first-order valence-electron chi connectivity index (χ1n) is 3.67. The Morgan fingerprint density at radius 2 is 2.46 bits per heavy atom. The number of hydrogen-bond acceptors (Lipinski definition) is 3. The van der Waals surface area contributed by atoms with Crippen molar-refractivity contribution in [2.45, 2.75) is 6.92 Å². The van der Waals surface area contributed by atoms with E-state index in [1.807, 2.05) is 13.0 Å². The Morgan fingerprint density at radius 1 is 1.69 bits per heavy atom. The quantitative estimate of drug-likeness (QED) is 0.595. The Bertz CT molecular complexity index is 338. The van der Waals surface area contributed by atoms with Gasteiger partial charge in [-0.25, -0.2) is 4.57 Å². The normalized spacial score (nSPS) is 13.1. The van der Waals surface area contributed by atoms with Gasteiger partial charge in [0, 0.05) is 11.9 Å². The number of aromatic nitrogens is 1. The summed E-state index contributed by atoms with van der Waals surface area (Å²) < 4.78 is 14.5. The van der Waals surface area contributed by atoms with Crippen molar-refractivity contribution in [2.24, 2.45) is 0 Å². The Labute approximate surface area is 76.8 Å². The summed E-state index contributed by atoms with van der Waals surface area (Å²) in [6.45, 7) is 1.87. The SMILES string of the molecule is Cc1cc(/C=C/O[PH](=O)O)ccn1. The zero-order valence-electron chi connectivity index (χ0n) is 7.10. The first-order valence-corrected chi connectivity index (χ1v) is 4.93. The van der Waals surface area contributed by atoms with Crippen molar-refractivity contribution in [2.75, 3.05) is 0 Å². The molecular formula is C8H10NO3P. The average molecular weight is 199 g/mol. The van der Waals surface area contributed by atoms with E-state index in [1.165, 1.54) is 6.26 Å². The highest BCUT2D eigenvalue weighted by molar-refractivity contribution is 7.32. The number of rotatable bonds is 3. The molecule has 0 saturated carbocycles. The van der Waals surface area contributed by atoms with Crippen molar-refractivity contribution in [3.05, 3.63) is 35.8 Å². The minimum atomic E-state index is -2.87. The van der Waals surface area contributed by atoms with Crippen molar-refractivity contribution in [1.29, 1.82) is 0 Å². The molecule has 0 radical (unpaired) electrons. The van der Waals surface area contributed by atoms with E-state index in [2.05, 4.69) is 9.51 Å². The molecule has 5 heteroatoms. The summed E-state index contributed by atoms with van der Waals surface area (Å²) in [6.07, 6.45) is 4.47. The van der Waals surface area contributed by atoms with Gasteiger partial charge in [0.1, 0.15) is 0 Å². The maximum absolute atomic E-state index is 10.2. The number of hydrogen-bond donors (Lipinski definition) is 1. The van der Waals surface area contributed by atoms with E-state index in [1.54, 1.807) is 18.3 Å². The predicted molar refractivity (Wildman–Crippen MR) is 50.3 cm³/mol. The molecule has 0 bridgehead atoms. The van der Waals surface area contributed by atoms with Crippen LogP contribution in [0.5, 0.6) is 0 Å². The van der Waals surface area contributed by atoms with Gasteiger partial charge in [-0.1, -0.05) is 0 Å². The molecule has 0 aliphatic carbocycles. The molecule has 70 valence electrons.